The van der Waals surface area contributed by atoms with Crippen molar-refractivity contribution in [3.63, 3.8) is 0 Å². The van der Waals surface area contributed by atoms with Crippen molar-refractivity contribution < 1.29 is 14.6 Å². The smallest absolute Gasteiger partial charge is 0.341 e. The zero-order chi connectivity index (χ0) is 9.59. The zero-order valence-corrected chi connectivity index (χ0v) is 8.33. The Kier molecular flexibility index (Phi) is 1.89. The molecule has 1 aromatic heterocycles. The molecular formula is C7H5BBrNO3. The van der Waals surface area contributed by atoms with Crippen LogP contribution in [-0.4, -0.2) is 23.9 Å². The molecule has 0 amide bonds. The summed E-state index contributed by atoms with van der Waals surface area (Å²) in [7, 11) is 1.72. The van der Waals surface area contributed by atoms with E-state index in [0.717, 1.165) is 0 Å². The van der Waals surface area contributed by atoms with Crippen molar-refractivity contribution in [3.05, 3.63) is 21.8 Å². The van der Waals surface area contributed by atoms with Crippen LogP contribution in [0.3, 0.4) is 0 Å². The Morgan fingerprint density at radius 1 is 1.69 bits per heavy atom. The number of esters is 1. The lowest BCUT2D eigenvalue weighted by Crippen LogP contribution is -2.17. The van der Waals surface area contributed by atoms with Gasteiger partial charge in [0.15, 0.2) is 7.85 Å². The van der Waals surface area contributed by atoms with E-state index in [1.54, 1.807) is 13.9 Å². The van der Waals surface area contributed by atoms with Crippen LogP contribution in [0.5, 0.6) is 0 Å². The van der Waals surface area contributed by atoms with Gasteiger partial charge in [0.2, 0.25) is 6.29 Å². The van der Waals surface area contributed by atoms with Gasteiger partial charge >= 0.3 is 5.97 Å². The van der Waals surface area contributed by atoms with Gasteiger partial charge in [-0.3, -0.25) is 4.98 Å². The van der Waals surface area contributed by atoms with E-state index in [1.165, 1.54) is 0 Å². The first kappa shape index (κ1) is 8.71. The predicted molar refractivity (Wildman–Crippen MR) is 50.5 cm³/mol. The quantitative estimate of drug-likeness (QED) is 0.370. The number of pyridine rings is 1. The highest BCUT2D eigenvalue weighted by Gasteiger charge is 2.31. The molecule has 1 N–H and O–H groups in total. The Bertz CT molecular complexity index is 396. The molecule has 0 saturated heterocycles. The summed E-state index contributed by atoms with van der Waals surface area (Å²) in [5, 5.41) is 9.33. The van der Waals surface area contributed by atoms with Gasteiger partial charge in [0.25, 0.3) is 0 Å². The van der Waals surface area contributed by atoms with E-state index in [0.29, 0.717) is 21.3 Å². The minimum atomic E-state index is -1.16. The van der Waals surface area contributed by atoms with Gasteiger partial charge in [-0.2, -0.15) is 0 Å². The summed E-state index contributed by atoms with van der Waals surface area (Å²) < 4.78 is 5.19. The van der Waals surface area contributed by atoms with E-state index in [1.807, 2.05) is 0 Å². The number of ether oxygens (including phenoxy) is 1. The van der Waals surface area contributed by atoms with E-state index in [-0.39, 0.29) is 0 Å². The number of hydrogen-bond donors (Lipinski definition) is 1. The Morgan fingerprint density at radius 3 is 3.08 bits per heavy atom. The maximum Gasteiger partial charge on any atom is 0.341 e. The first-order valence-electron chi connectivity index (χ1n) is 3.65. The molecule has 13 heavy (non-hydrogen) atoms. The average Bonchev–Trinajstić information content (AvgIpc) is 2.27. The number of halogens is 1. The molecule has 4 nitrogen and oxygen atoms in total. The third kappa shape index (κ3) is 1.26. The zero-order valence-electron chi connectivity index (χ0n) is 6.74. The van der Waals surface area contributed by atoms with E-state index < -0.39 is 12.3 Å². The molecule has 1 unspecified atom stereocenters. The highest BCUT2D eigenvalue weighted by molar-refractivity contribution is 9.10. The van der Waals surface area contributed by atoms with Crippen molar-refractivity contribution in [1.82, 2.24) is 4.98 Å². The van der Waals surface area contributed by atoms with E-state index in [4.69, 9.17) is 0 Å². The van der Waals surface area contributed by atoms with Crippen LogP contribution >= 0.6 is 15.9 Å². The maximum absolute atomic E-state index is 11.1. The molecule has 0 spiro atoms. The molecule has 0 radical (unpaired) electrons. The molecule has 2 heterocycles. The highest BCUT2D eigenvalue weighted by Crippen LogP contribution is 2.27. The highest BCUT2D eigenvalue weighted by atomic mass is 79.9. The number of cyclic esters (lactones) is 1. The van der Waals surface area contributed by atoms with Crippen molar-refractivity contribution in [2.45, 2.75) is 6.29 Å². The fourth-order valence-corrected chi connectivity index (χ4v) is 1.84. The van der Waals surface area contributed by atoms with Gasteiger partial charge in [-0.05, 0) is 22.0 Å². The SMILES string of the molecule is Bc1nc(Br)cc2c1C(O)OC2=O. The predicted octanol–water partition coefficient (Wildman–Crippen LogP) is -0.736. The molecular weight excluding hydrogens is 237 g/mol. The second-order valence-corrected chi connectivity index (χ2v) is 3.56. The molecule has 2 rings (SSSR count). The second-order valence-electron chi connectivity index (χ2n) is 2.75. The molecule has 0 bridgehead atoms. The monoisotopic (exact) mass is 241 g/mol. The van der Waals surface area contributed by atoms with Crippen LogP contribution < -0.4 is 5.59 Å². The number of aliphatic hydroxyl groups is 1. The van der Waals surface area contributed by atoms with Crippen molar-refractivity contribution in [2.75, 3.05) is 0 Å². The minimum absolute atomic E-state index is 0.381. The summed E-state index contributed by atoms with van der Waals surface area (Å²) in [5.41, 5.74) is 1.45. The van der Waals surface area contributed by atoms with Gasteiger partial charge in [0, 0.05) is 11.2 Å². The van der Waals surface area contributed by atoms with Gasteiger partial charge < -0.3 is 9.84 Å². The molecule has 0 fully saturated rings. The van der Waals surface area contributed by atoms with E-state index >= 15 is 0 Å². The number of fused-ring (bicyclic) bond motifs is 1. The molecule has 0 aliphatic carbocycles. The molecule has 0 saturated carbocycles. The first-order chi connectivity index (χ1) is 6.09. The number of hydrogen-bond acceptors (Lipinski definition) is 4. The Morgan fingerprint density at radius 2 is 2.38 bits per heavy atom. The summed E-state index contributed by atoms with van der Waals surface area (Å²) in [6.07, 6.45) is -1.16. The van der Waals surface area contributed by atoms with Gasteiger partial charge in [-0.1, -0.05) is 0 Å². The number of nitrogens with zero attached hydrogens (tertiary/aromatic N) is 1. The molecule has 1 aliphatic rings. The van der Waals surface area contributed by atoms with E-state index in [2.05, 4.69) is 25.7 Å². The van der Waals surface area contributed by atoms with Crippen molar-refractivity contribution in [2.24, 2.45) is 0 Å². The van der Waals surface area contributed by atoms with Crippen LogP contribution in [0.1, 0.15) is 22.2 Å². The van der Waals surface area contributed by atoms with Crippen LogP contribution in [-0.2, 0) is 4.74 Å². The lowest BCUT2D eigenvalue weighted by Gasteiger charge is -2.04. The van der Waals surface area contributed by atoms with Crippen LogP contribution in [0, 0.1) is 0 Å². The fourth-order valence-electron chi connectivity index (χ4n) is 1.35. The lowest BCUT2D eigenvalue weighted by atomic mass is 9.95. The minimum Gasteiger partial charge on any atom is -0.428 e. The number of carbonyl (C=O) groups is 1. The van der Waals surface area contributed by atoms with Crippen LogP contribution in [0.2, 0.25) is 0 Å². The largest absolute Gasteiger partial charge is 0.428 e. The maximum atomic E-state index is 11.1. The Hall–Kier alpha value is -0.875. The van der Waals surface area contributed by atoms with Crippen LogP contribution in [0.25, 0.3) is 0 Å². The van der Waals surface area contributed by atoms with Crippen molar-refractivity contribution >= 4 is 35.3 Å². The first-order valence-corrected chi connectivity index (χ1v) is 4.45. The van der Waals surface area contributed by atoms with Crippen molar-refractivity contribution in [3.8, 4) is 0 Å². The standard InChI is InChI=1S/C7H5BBrNO3/c8-5-4-2(1-3(9)10-5)6(11)13-7(4)12/h1,7,12H,8H2. The molecule has 6 heteroatoms. The number of carbonyl (C=O) groups excluding carboxylic acids is 1. The summed E-state index contributed by atoms with van der Waals surface area (Å²) in [6, 6.07) is 1.54. The van der Waals surface area contributed by atoms with E-state index in [9.17, 15) is 9.90 Å². The summed E-state index contributed by atoms with van der Waals surface area (Å²) >= 11 is 3.16. The molecule has 0 aromatic carbocycles. The number of aliphatic hydroxyl groups excluding tert-OH is 1. The molecule has 1 aromatic rings. The number of rotatable bonds is 0. The van der Waals surface area contributed by atoms with Crippen LogP contribution in [0.15, 0.2) is 10.7 Å². The molecule has 1 aliphatic heterocycles. The average molecular weight is 242 g/mol. The van der Waals surface area contributed by atoms with Crippen molar-refractivity contribution in [1.29, 1.82) is 0 Å². The normalized spacial score (nSPS) is 19.8. The molecule has 66 valence electrons. The molecule has 1 atom stereocenters. The fraction of sp³-hybridized carbons (Fsp3) is 0.143. The van der Waals surface area contributed by atoms with Gasteiger partial charge in [0.1, 0.15) is 4.60 Å². The van der Waals surface area contributed by atoms with Gasteiger partial charge in [0.05, 0.1) is 5.56 Å². The Labute approximate surface area is 83.5 Å². The second kappa shape index (κ2) is 2.82. The summed E-state index contributed by atoms with van der Waals surface area (Å²) in [6.45, 7) is 0. The third-order valence-corrected chi connectivity index (χ3v) is 2.31. The summed E-state index contributed by atoms with van der Waals surface area (Å²) in [5.74, 6) is -0.506. The van der Waals surface area contributed by atoms with Crippen LogP contribution in [0.4, 0.5) is 0 Å². The topological polar surface area (TPSA) is 59.4 Å². The van der Waals surface area contributed by atoms with Gasteiger partial charge in [-0.25, -0.2) is 4.79 Å². The summed E-state index contributed by atoms with van der Waals surface area (Å²) in [4.78, 5) is 15.2. The van der Waals surface area contributed by atoms with Gasteiger partial charge in [-0.15, -0.1) is 0 Å². The Balaban J connectivity index is 2.69. The lowest BCUT2D eigenvalue weighted by molar-refractivity contribution is -0.0543. The third-order valence-electron chi connectivity index (χ3n) is 1.90. The number of aromatic nitrogens is 1.